The zero-order valence-electron chi connectivity index (χ0n) is 5.65. The van der Waals surface area contributed by atoms with Crippen molar-refractivity contribution in [2.45, 2.75) is 23.8 Å². The van der Waals surface area contributed by atoms with Crippen molar-refractivity contribution >= 4 is 21.9 Å². The van der Waals surface area contributed by atoms with Crippen molar-refractivity contribution in [2.24, 2.45) is 0 Å². The Kier molecular flexibility index (Phi) is 2.27. The van der Waals surface area contributed by atoms with Crippen LogP contribution in [0.4, 0.5) is 0 Å². The minimum atomic E-state index is -3.77. The van der Waals surface area contributed by atoms with Crippen molar-refractivity contribution in [2.75, 3.05) is 5.75 Å². The molecule has 10 heavy (non-hydrogen) atoms. The summed E-state index contributed by atoms with van der Waals surface area (Å²) >= 11 is 1.59. The van der Waals surface area contributed by atoms with E-state index in [-0.39, 0.29) is 5.25 Å². The zero-order valence-corrected chi connectivity index (χ0v) is 7.28. The van der Waals surface area contributed by atoms with Crippen LogP contribution in [-0.2, 0) is 10.1 Å². The molecule has 1 aliphatic heterocycles. The fourth-order valence-electron chi connectivity index (χ4n) is 1.10. The van der Waals surface area contributed by atoms with Crippen molar-refractivity contribution in [1.82, 2.24) is 0 Å². The Morgan fingerprint density at radius 2 is 2.20 bits per heavy atom. The first-order chi connectivity index (χ1) is 4.52. The molecule has 5 heteroatoms. The van der Waals surface area contributed by atoms with Crippen LogP contribution in [0.2, 0.25) is 0 Å². The van der Waals surface area contributed by atoms with E-state index in [1.165, 1.54) is 0 Å². The van der Waals surface area contributed by atoms with Gasteiger partial charge in [0, 0.05) is 5.25 Å². The van der Waals surface area contributed by atoms with Crippen LogP contribution < -0.4 is 0 Å². The minimum absolute atomic E-state index is 0.0509. The molecule has 0 aliphatic carbocycles. The lowest BCUT2D eigenvalue weighted by molar-refractivity contribution is 0.466. The maximum absolute atomic E-state index is 10.6. The van der Waals surface area contributed by atoms with E-state index in [0.29, 0.717) is 6.42 Å². The second kappa shape index (κ2) is 2.71. The largest absolute Gasteiger partial charge is 0.285 e. The van der Waals surface area contributed by atoms with Gasteiger partial charge in [0.25, 0.3) is 10.1 Å². The third-order valence-electron chi connectivity index (χ3n) is 1.69. The third kappa shape index (κ3) is 1.65. The summed E-state index contributed by atoms with van der Waals surface area (Å²) in [4.78, 5) is 0. The van der Waals surface area contributed by atoms with Gasteiger partial charge in [0.05, 0.1) is 5.25 Å². The van der Waals surface area contributed by atoms with Gasteiger partial charge >= 0.3 is 0 Å². The van der Waals surface area contributed by atoms with Gasteiger partial charge in [0.15, 0.2) is 0 Å². The Labute approximate surface area is 64.9 Å². The molecule has 0 spiro atoms. The predicted molar refractivity (Wildman–Crippen MR) is 41.9 cm³/mol. The Morgan fingerprint density at radius 1 is 1.60 bits per heavy atom. The van der Waals surface area contributed by atoms with Crippen LogP contribution in [0.1, 0.15) is 13.3 Å². The molecule has 1 aliphatic rings. The van der Waals surface area contributed by atoms with Gasteiger partial charge < -0.3 is 0 Å². The van der Waals surface area contributed by atoms with E-state index in [1.54, 1.807) is 11.8 Å². The molecule has 2 unspecified atom stereocenters. The summed E-state index contributed by atoms with van der Waals surface area (Å²) in [7, 11) is -3.77. The fraction of sp³-hybridized carbons (Fsp3) is 1.00. The molecule has 0 bridgehead atoms. The van der Waals surface area contributed by atoms with Crippen LogP contribution in [0.25, 0.3) is 0 Å². The highest BCUT2D eigenvalue weighted by molar-refractivity contribution is 8.01. The summed E-state index contributed by atoms with van der Waals surface area (Å²) in [6.45, 7) is 1.83. The van der Waals surface area contributed by atoms with Gasteiger partial charge in [-0.2, -0.15) is 20.2 Å². The molecule has 0 radical (unpaired) electrons. The lowest BCUT2D eigenvalue weighted by Crippen LogP contribution is -2.25. The minimum Gasteiger partial charge on any atom is -0.285 e. The second-order valence-corrected chi connectivity index (χ2v) is 5.54. The lowest BCUT2D eigenvalue weighted by Gasteiger charge is -2.08. The Hall–Kier alpha value is 0.260. The van der Waals surface area contributed by atoms with Crippen LogP contribution >= 0.6 is 11.8 Å². The van der Waals surface area contributed by atoms with Crippen molar-refractivity contribution in [3.63, 3.8) is 0 Å². The first kappa shape index (κ1) is 8.36. The van der Waals surface area contributed by atoms with E-state index in [9.17, 15) is 8.42 Å². The van der Waals surface area contributed by atoms with Crippen LogP contribution in [0.15, 0.2) is 0 Å². The maximum atomic E-state index is 10.6. The Bertz CT molecular complexity index is 209. The summed E-state index contributed by atoms with van der Waals surface area (Å²) in [5.41, 5.74) is 0. The van der Waals surface area contributed by atoms with Gasteiger partial charge in [-0.25, -0.2) is 0 Å². The molecule has 1 fully saturated rings. The van der Waals surface area contributed by atoms with E-state index in [2.05, 4.69) is 0 Å². The highest BCUT2D eigenvalue weighted by Gasteiger charge is 2.33. The van der Waals surface area contributed by atoms with E-state index in [0.717, 1.165) is 5.75 Å². The van der Waals surface area contributed by atoms with Gasteiger partial charge in [0.1, 0.15) is 0 Å². The summed E-state index contributed by atoms with van der Waals surface area (Å²) < 4.78 is 29.8. The topological polar surface area (TPSA) is 54.4 Å². The lowest BCUT2D eigenvalue weighted by atomic mass is 10.3. The molecule has 1 N–H and O–H groups in total. The molecule has 0 aromatic rings. The van der Waals surface area contributed by atoms with Gasteiger partial charge in [-0.15, -0.1) is 0 Å². The molecular weight excluding hydrogens is 172 g/mol. The van der Waals surface area contributed by atoms with E-state index in [1.807, 2.05) is 6.92 Å². The highest BCUT2D eigenvalue weighted by atomic mass is 32.2. The monoisotopic (exact) mass is 182 g/mol. The Balaban J connectivity index is 2.74. The van der Waals surface area contributed by atoms with Crippen molar-refractivity contribution in [1.29, 1.82) is 0 Å². The molecule has 1 rings (SSSR count). The molecular formula is C5H10O3S2. The van der Waals surface area contributed by atoms with E-state index < -0.39 is 15.4 Å². The molecule has 60 valence electrons. The van der Waals surface area contributed by atoms with Gasteiger partial charge in [0.2, 0.25) is 0 Å². The highest BCUT2D eigenvalue weighted by Crippen LogP contribution is 2.30. The molecule has 1 heterocycles. The van der Waals surface area contributed by atoms with Gasteiger partial charge in [-0.3, -0.25) is 4.55 Å². The molecule has 0 aromatic heterocycles. The predicted octanol–water partition coefficient (Wildman–Crippen LogP) is 0.768. The van der Waals surface area contributed by atoms with Gasteiger partial charge in [-0.1, -0.05) is 6.92 Å². The second-order valence-electron chi connectivity index (χ2n) is 2.42. The number of thioether (sulfide) groups is 1. The average molecular weight is 182 g/mol. The number of rotatable bonds is 1. The molecule has 1 saturated heterocycles. The summed E-state index contributed by atoms with van der Waals surface area (Å²) in [6, 6.07) is 0. The summed E-state index contributed by atoms with van der Waals surface area (Å²) in [5.74, 6) is 0.839. The van der Waals surface area contributed by atoms with Crippen molar-refractivity contribution in [3.8, 4) is 0 Å². The maximum Gasteiger partial charge on any atom is 0.268 e. The summed E-state index contributed by atoms with van der Waals surface area (Å²) in [5, 5.41) is -0.479. The molecule has 3 nitrogen and oxygen atoms in total. The normalized spacial score (nSPS) is 34.6. The smallest absolute Gasteiger partial charge is 0.268 e. The van der Waals surface area contributed by atoms with Crippen LogP contribution in [0.3, 0.4) is 0 Å². The van der Waals surface area contributed by atoms with Crippen LogP contribution in [-0.4, -0.2) is 29.2 Å². The van der Waals surface area contributed by atoms with Gasteiger partial charge in [-0.05, 0) is 12.2 Å². The molecule has 2 atom stereocenters. The number of hydrogen-bond acceptors (Lipinski definition) is 3. The van der Waals surface area contributed by atoms with Crippen molar-refractivity contribution in [3.05, 3.63) is 0 Å². The zero-order chi connectivity index (χ0) is 7.78. The van der Waals surface area contributed by atoms with Crippen molar-refractivity contribution < 1.29 is 13.0 Å². The third-order valence-corrected chi connectivity index (χ3v) is 4.60. The SMILES string of the molecule is CC1SCCC1S(=O)(=O)O. The standard InChI is InChI=1S/C5H10O3S2/c1-4-5(2-3-9-4)10(6,7)8/h4-5H,2-3H2,1H3,(H,6,7,8). The number of hydrogen-bond donors (Lipinski definition) is 1. The first-order valence-electron chi connectivity index (χ1n) is 3.09. The fourth-order valence-corrected chi connectivity index (χ4v) is 3.92. The van der Waals surface area contributed by atoms with E-state index >= 15 is 0 Å². The quantitative estimate of drug-likeness (QED) is 0.608. The van der Waals surface area contributed by atoms with E-state index in [4.69, 9.17) is 4.55 Å². The molecule has 0 saturated carbocycles. The first-order valence-corrected chi connectivity index (χ1v) is 5.65. The Morgan fingerprint density at radius 3 is 2.40 bits per heavy atom. The molecule has 0 amide bonds. The average Bonchev–Trinajstić information content (AvgIpc) is 2.11. The van der Waals surface area contributed by atoms with Crippen LogP contribution in [0.5, 0.6) is 0 Å². The summed E-state index contributed by atoms with van der Waals surface area (Å²) in [6.07, 6.45) is 0.588. The van der Waals surface area contributed by atoms with Crippen LogP contribution in [0, 0.1) is 0 Å². The molecule has 0 aromatic carbocycles.